The van der Waals surface area contributed by atoms with Crippen molar-refractivity contribution in [2.75, 3.05) is 19.6 Å². The smallest absolute Gasteiger partial charge is 0.253 e. The van der Waals surface area contributed by atoms with Crippen molar-refractivity contribution in [1.29, 1.82) is 0 Å². The van der Waals surface area contributed by atoms with Gasteiger partial charge >= 0.3 is 0 Å². The number of nitrogens with zero attached hydrogens (tertiary/aromatic N) is 2. The second kappa shape index (κ2) is 9.35. The monoisotopic (exact) mass is 463 g/mol. The van der Waals surface area contributed by atoms with Gasteiger partial charge in [-0.1, -0.05) is 19.9 Å². The lowest BCUT2D eigenvalue weighted by Gasteiger charge is -2.33. The van der Waals surface area contributed by atoms with Crippen LogP contribution < -0.4 is 5.56 Å². The highest BCUT2D eigenvalue weighted by Crippen LogP contribution is 2.39. The quantitative estimate of drug-likeness (QED) is 0.499. The lowest BCUT2D eigenvalue weighted by atomic mass is 9.87. The summed E-state index contributed by atoms with van der Waals surface area (Å²) >= 11 is 0. The number of rotatable bonds is 6. The van der Waals surface area contributed by atoms with E-state index in [1.165, 1.54) is 16.5 Å². The van der Waals surface area contributed by atoms with E-state index in [1.807, 2.05) is 40.8 Å². The van der Waals surface area contributed by atoms with Gasteiger partial charge in [0.2, 0.25) is 0 Å². The predicted octanol–water partition coefficient (Wildman–Crippen LogP) is 5.61. The van der Waals surface area contributed by atoms with Crippen molar-refractivity contribution in [3.8, 4) is 11.3 Å². The van der Waals surface area contributed by atoms with Crippen LogP contribution in [-0.4, -0.2) is 44.8 Å². The van der Waals surface area contributed by atoms with Gasteiger partial charge < -0.3 is 19.6 Å². The first-order valence-electron chi connectivity index (χ1n) is 12.7. The molecule has 0 aliphatic carbocycles. The van der Waals surface area contributed by atoms with E-state index in [4.69, 9.17) is 0 Å². The van der Waals surface area contributed by atoms with Gasteiger partial charge in [-0.05, 0) is 101 Å². The van der Waals surface area contributed by atoms with Gasteiger partial charge in [0.25, 0.3) is 5.56 Å². The summed E-state index contributed by atoms with van der Waals surface area (Å²) in [5.41, 5.74) is 7.41. The van der Waals surface area contributed by atoms with Crippen LogP contribution in [0.2, 0.25) is 0 Å². The minimum absolute atomic E-state index is 0.0691. The molecule has 2 N–H and O–H groups in total. The lowest BCUT2D eigenvalue weighted by molar-refractivity contribution is 0.0540. The number of aliphatic hydroxyl groups is 1. The van der Waals surface area contributed by atoms with Crippen molar-refractivity contribution in [3.63, 3.8) is 0 Å². The topological polar surface area (TPSA) is 61.3 Å². The summed E-state index contributed by atoms with van der Waals surface area (Å²) < 4.78 is 1.76. The Bertz CT molecular complexity index is 1230. The third kappa shape index (κ3) is 4.87. The van der Waals surface area contributed by atoms with Crippen LogP contribution in [0.15, 0.2) is 29.1 Å². The highest BCUT2D eigenvalue weighted by Gasteiger charge is 2.24. The maximum absolute atomic E-state index is 12.4. The molecule has 0 atom stereocenters. The molecule has 0 radical (unpaired) electrons. The largest absolute Gasteiger partial charge is 0.390 e. The van der Waals surface area contributed by atoms with Crippen molar-refractivity contribution in [2.45, 2.75) is 78.2 Å². The molecule has 0 bridgehead atoms. The second-order valence-electron chi connectivity index (χ2n) is 11.2. The number of H-pyrrole nitrogens is 1. The van der Waals surface area contributed by atoms with E-state index < -0.39 is 5.60 Å². The van der Waals surface area contributed by atoms with Crippen LogP contribution in [0, 0.1) is 13.8 Å². The summed E-state index contributed by atoms with van der Waals surface area (Å²) in [7, 11) is 1.86. The van der Waals surface area contributed by atoms with Gasteiger partial charge in [0.15, 0.2) is 0 Å². The Hall–Kier alpha value is -2.37. The molecule has 1 saturated heterocycles. The minimum Gasteiger partial charge on any atom is -0.390 e. The van der Waals surface area contributed by atoms with Gasteiger partial charge in [-0.3, -0.25) is 4.79 Å². The number of hydrogen-bond donors (Lipinski definition) is 2. The first kappa shape index (κ1) is 24.7. The number of benzene rings is 1. The zero-order valence-corrected chi connectivity index (χ0v) is 22.0. The third-order valence-corrected chi connectivity index (χ3v) is 7.70. The lowest BCUT2D eigenvalue weighted by Crippen LogP contribution is -2.36. The number of fused-ring (bicyclic) bond motifs is 1. The fourth-order valence-corrected chi connectivity index (χ4v) is 5.45. The standard InChI is InChI=1S/C29H41N3O2/c1-18(2)26-24-17-22(21-10-13-32(14-11-21)15-12-29(5,6)34)8-9-25(24)30-27(26)23-16-19(3)28(33)31(7)20(23)4/h8-9,16-18,21,30,34H,10-15H2,1-7H3. The Kier molecular flexibility index (Phi) is 6.80. The summed E-state index contributed by atoms with van der Waals surface area (Å²) in [5, 5.41) is 11.4. The fraction of sp³-hybridized carbons (Fsp3) is 0.552. The second-order valence-corrected chi connectivity index (χ2v) is 11.2. The molecular weight excluding hydrogens is 422 g/mol. The minimum atomic E-state index is -0.594. The first-order valence-corrected chi connectivity index (χ1v) is 12.7. The maximum atomic E-state index is 12.4. The van der Waals surface area contributed by atoms with Crippen LogP contribution >= 0.6 is 0 Å². The van der Waals surface area contributed by atoms with Crippen molar-refractivity contribution < 1.29 is 5.11 Å². The molecule has 0 spiro atoms. The summed E-state index contributed by atoms with van der Waals surface area (Å²) in [6.45, 7) is 15.4. The summed E-state index contributed by atoms with van der Waals surface area (Å²) in [4.78, 5) is 18.6. The molecular formula is C29H41N3O2. The van der Waals surface area contributed by atoms with E-state index in [0.29, 0.717) is 11.8 Å². The molecule has 2 aromatic heterocycles. The molecule has 34 heavy (non-hydrogen) atoms. The van der Waals surface area contributed by atoms with E-state index in [1.54, 1.807) is 4.57 Å². The highest BCUT2D eigenvalue weighted by atomic mass is 16.3. The Morgan fingerprint density at radius 2 is 1.82 bits per heavy atom. The number of nitrogens with one attached hydrogen (secondary N) is 1. The molecule has 0 saturated carbocycles. The van der Waals surface area contributed by atoms with E-state index in [-0.39, 0.29) is 5.56 Å². The normalized spacial score (nSPS) is 16.1. The van der Waals surface area contributed by atoms with Crippen molar-refractivity contribution in [1.82, 2.24) is 14.5 Å². The van der Waals surface area contributed by atoms with Crippen molar-refractivity contribution >= 4 is 10.9 Å². The van der Waals surface area contributed by atoms with E-state index in [9.17, 15) is 9.90 Å². The van der Waals surface area contributed by atoms with E-state index in [0.717, 1.165) is 66.9 Å². The summed E-state index contributed by atoms with van der Waals surface area (Å²) in [6.07, 6.45) is 3.13. The Labute approximate surface area is 203 Å². The van der Waals surface area contributed by atoms with Crippen molar-refractivity contribution in [2.24, 2.45) is 7.05 Å². The van der Waals surface area contributed by atoms with Gasteiger partial charge in [-0.2, -0.15) is 0 Å². The van der Waals surface area contributed by atoms with Gasteiger partial charge in [0, 0.05) is 41.3 Å². The molecule has 3 aromatic rings. The van der Waals surface area contributed by atoms with Crippen LogP contribution in [0.5, 0.6) is 0 Å². The van der Waals surface area contributed by atoms with Gasteiger partial charge in [0.1, 0.15) is 0 Å². The Morgan fingerprint density at radius 1 is 1.15 bits per heavy atom. The maximum Gasteiger partial charge on any atom is 0.253 e. The third-order valence-electron chi connectivity index (χ3n) is 7.70. The Balaban J connectivity index is 1.66. The average Bonchev–Trinajstić information content (AvgIpc) is 3.17. The number of aromatic nitrogens is 2. The molecule has 0 unspecified atom stereocenters. The van der Waals surface area contributed by atoms with E-state index in [2.05, 4.69) is 41.9 Å². The molecule has 1 aromatic carbocycles. The average molecular weight is 464 g/mol. The highest BCUT2D eigenvalue weighted by molar-refractivity contribution is 5.92. The molecule has 3 heterocycles. The molecule has 4 rings (SSSR count). The number of aryl methyl sites for hydroxylation is 1. The number of hydrogen-bond acceptors (Lipinski definition) is 3. The van der Waals surface area contributed by atoms with Crippen LogP contribution in [0.4, 0.5) is 0 Å². The van der Waals surface area contributed by atoms with Gasteiger partial charge in [-0.15, -0.1) is 0 Å². The van der Waals surface area contributed by atoms with Crippen LogP contribution in [-0.2, 0) is 7.05 Å². The SMILES string of the molecule is Cc1cc(-c2[nH]c3ccc(C4CCN(CCC(C)(C)O)CC4)cc3c2C(C)C)c(C)n(C)c1=O. The molecule has 5 heteroatoms. The first-order chi connectivity index (χ1) is 16.0. The fourth-order valence-electron chi connectivity index (χ4n) is 5.45. The molecule has 184 valence electrons. The van der Waals surface area contributed by atoms with Gasteiger partial charge in [0.05, 0.1) is 11.3 Å². The zero-order chi connectivity index (χ0) is 24.8. The molecule has 1 aliphatic heterocycles. The number of pyridine rings is 1. The molecule has 0 amide bonds. The van der Waals surface area contributed by atoms with Crippen LogP contribution in [0.25, 0.3) is 22.2 Å². The van der Waals surface area contributed by atoms with Crippen LogP contribution in [0.3, 0.4) is 0 Å². The van der Waals surface area contributed by atoms with Crippen molar-refractivity contribution in [3.05, 3.63) is 57.0 Å². The number of likely N-dealkylation sites (tertiary alicyclic amines) is 1. The summed E-state index contributed by atoms with van der Waals surface area (Å²) in [5.74, 6) is 0.933. The predicted molar refractivity (Wildman–Crippen MR) is 142 cm³/mol. The number of piperidine rings is 1. The van der Waals surface area contributed by atoms with Crippen LogP contribution in [0.1, 0.15) is 81.2 Å². The summed E-state index contributed by atoms with van der Waals surface area (Å²) in [6, 6.07) is 8.98. The molecule has 5 nitrogen and oxygen atoms in total. The molecule has 1 aliphatic rings. The van der Waals surface area contributed by atoms with E-state index >= 15 is 0 Å². The van der Waals surface area contributed by atoms with Gasteiger partial charge in [-0.25, -0.2) is 0 Å². The number of aromatic amines is 1. The molecule has 1 fully saturated rings. The Morgan fingerprint density at radius 3 is 2.44 bits per heavy atom. The zero-order valence-electron chi connectivity index (χ0n) is 22.0.